The van der Waals surface area contributed by atoms with Crippen molar-refractivity contribution in [1.29, 1.82) is 0 Å². The van der Waals surface area contributed by atoms with Crippen LogP contribution < -0.4 is 5.73 Å². The zero-order chi connectivity index (χ0) is 10.9. The van der Waals surface area contributed by atoms with Gasteiger partial charge in [-0.3, -0.25) is 0 Å². The topological polar surface area (TPSA) is 26.0 Å². The lowest BCUT2D eigenvalue weighted by molar-refractivity contribution is -0.137. The molecule has 14 heavy (non-hydrogen) atoms. The maximum absolute atomic E-state index is 12.4. The normalized spacial score (nSPS) is 11.8. The number of rotatable bonds is 1. The van der Waals surface area contributed by atoms with Gasteiger partial charge in [0.15, 0.2) is 0 Å². The molecule has 1 aromatic carbocycles. The Morgan fingerprint density at radius 2 is 1.86 bits per heavy atom. The molecule has 6 heteroatoms. The lowest BCUT2D eigenvalue weighted by Gasteiger charge is -2.14. The van der Waals surface area contributed by atoms with Gasteiger partial charge in [-0.15, -0.1) is 11.6 Å². The van der Waals surface area contributed by atoms with Gasteiger partial charge in [0.25, 0.3) is 0 Å². The molecule has 1 aromatic rings. The average Bonchev–Trinajstić information content (AvgIpc) is 1.99. The summed E-state index contributed by atoms with van der Waals surface area (Å²) in [6.45, 7) is 0. The first kappa shape index (κ1) is 11.5. The van der Waals surface area contributed by atoms with E-state index in [4.69, 9.17) is 28.9 Å². The van der Waals surface area contributed by atoms with Crippen LogP contribution in [0, 0.1) is 0 Å². The summed E-state index contributed by atoms with van der Waals surface area (Å²) in [7, 11) is 0. The standard InChI is InChI=1S/C8H6Cl2F3N/c9-3-4-1-5(10)2-6(14)7(4)8(11,12)13/h1-2H,3,14H2. The molecule has 1 rings (SSSR count). The third-order valence-electron chi connectivity index (χ3n) is 1.64. The molecule has 0 aromatic heterocycles. The minimum Gasteiger partial charge on any atom is -0.398 e. The fraction of sp³-hybridized carbons (Fsp3) is 0.250. The average molecular weight is 244 g/mol. The van der Waals surface area contributed by atoms with E-state index in [1.165, 1.54) is 0 Å². The summed E-state index contributed by atoms with van der Waals surface area (Å²) >= 11 is 10.9. The molecule has 2 N–H and O–H groups in total. The van der Waals surface area contributed by atoms with E-state index in [-0.39, 0.29) is 16.5 Å². The SMILES string of the molecule is Nc1cc(Cl)cc(CCl)c1C(F)(F)F. The molecule has 0 heterocycles. The van der Waals surface area contributed by atoms with Crippen LogP contribution in [-0.4, -0.2) is 0 Å². The first-order valence-corrected chi connectivity index (χ1v) is 4.48. The molecule has 0 bridgehead atoms. The number of anilines is 1. The molecule has 1 nitrogen and oxygen atoms in total. The minimum absolute atomic E-state index is 0.107. The predicted octanol–water partition coefficient (Wildman–Crippen LogP) is 3.68. The van der Waals surface area contributed by atoms with E-state index in [9.17, 15) is 13.2 Å². The zero-order valence-corrected chi connectivity index (χ0v) is 8.34. The van der Waals surface area contributed by atoms with E-state index in [2.05, 4.69) is 0 Å². The molecule has 0 amide bonds. The summed E-state index contributed by atoms with van der Waals surface area (Å²) in [5.74, 6) is -0.278. The maximum Gasteiger partial charge on any atom is 0.418 e. The van der Waals surface area contributed by atoms with Crippen LogP contribution in [-0.2, 0) is 12.1 Å². The first-order valence-electron chi connectivity index (χ1n) is 3.57. The van der Waals surface area contributed by atoms with Crippen LogP contribution in [0.4, 0.5) is 18.9 Å². The molecule has 0 radical (unpaired) electrons. The van der Waals surface area contributed by atoms with Crippen molar-refractivity contribution in [3.63, 3.8) is 0 Å². The van der Waals surface area contributed by atoms with Crippen LogP contribution in [0.1, 0.15) is 11.1 Å². The molecule has 0 atom stereocenters. The van der Waals surface area contributed by atoms with Crippen molar-refractivity contribution in [3.05, 3.63) is 28.3 Å². The molecule has 0 saturated heterocycles. The van der Waals surface area contributed by atoms with Gasteiger partial charge in [0, 0.05) is 16.6 Å². The number of benzene rings is 1. The second-order valence-electron chi connectivity index (χ2n) is 2.66. The minimum atomic E-state index is -4.50. The molecule has 0 aliphatic carbocycles. The molecular formula is C8H6Cl2F3N. The Morgan fingerprint density at radius 1 is 1.29 bits per heavy atom. The maximum atomic E-state index is 12.4. The Balaban J connectivity index is 3.40. The number of nitrogens with two attached hydrogens (primary N) is 1. The summed E-state index contributed by atoms with van der Waals surface area (Å²) in [5, 5.41) is 0.145. The Kier molecular flexibility index (Phi) is 3.17. The van der Waals surface area contributed by atoms with Crippen LogP contribution in [0.3, 0.4) is 0 Å². The first-order chi connectivity index (χ1) is 6.36. The van der Waals surface area contributed by atoms with Crippen molar-refractivity contribution in [3.8, 4) is 0 Å². The summed E-state index contributed by atoms with van der Waals surface area (Å²) in [5.41, 5.74) is 3.81. The second kappa shape index (κ2) is 3.87. The lowest BCUT2D eigenvalue weighted by Crippen LogP contribution is -2.12. The van der Waals surface area contributed by atoms with E-state index in [1.54, 1.807) is 0 Å². The van der Waals surface area contributed by atoms with Gasteiger partial charge in [-0.05, 0) is 17.7 Å². The van der Waals surface area contributed by atoms with Gasteiger partial charge in [0.1, 0.15) is 0 Å². The van der Waals surface area contributed by atoms with Crippen LogP contribution in [0.5, 0.6) is 0 Å². The lowest BCUT2D eigenvalue weighted by atomic mass is 10.1. The highest BCUT2D eigenvalue weighted by Gasteiger charge is 2.35. The van der Waals surface area contributed by atoms with Crippen LogP contribution in [0.15, 0.2) is 12.1 Å². The summed E-state index contributed by atoms with van der Waals surface area (Å²) < 4.78 is 37.3. The number of halogens is 5. The fourth-order valence-electron chi connectivity index (χ4n) is 1.14. The molecule has 0 fully saturated rings. The zero-order valence-electron chi connectivity index (χ0n) is 6.83. The molecule has 0 unspecified atom stereocenters. The predicted molar refractivity (Wildman–Crippen MR) is 50.4 cm³/mol. The highest BCUT2D eigenvalue weighted by atomic mass is 35.5. The second-order valence-corrected chi connectivity index (χ2v) is 3.36. The molecular weight excluding hydrogens is 238 g/mol. The highest BCUT2D eigenvalue weighted by Crippen LogP contribution is 2.38. The Labute approximate surface area is 88.6 Å². The van der Waals surface area contributed by atoms with Gasteiger partial charge in [0.05, 0.1) is 5.56 Å². The number of hydrogen-bond donors (Lipinski definition) is 1. The van der Waals surface area contributed by atoms with E-state index in [0.29, 0.717) is 0 Å². The van der Waals surface area contributed by atoms with E-state index in [1.807, 2.05) is 0 Å². The van der Waals surface area contributed by atoms with Gasteiger partial charge in [-0.25, -0.2) is 0 Å². The quantitative estimate of drug-likeness (QED) is 0.591. The Hall–Kier alpha value is -0.610. The van der Waals surface area contributed by atoms with E-state index < -0.39 is 17.4 Å². The van der Waals surface area contributed by atoms with Crippen LogP contribution in [0.25, 0.3) is 0 Å². The van der Waals surface area contributed by atoms with Crippen LogP contribution in [0.2, 0.25) is 5.02 Å². The third kappa shape index (κ3) is 2.25. The van der Waals surface area contributed by atoms with Crippen molar-refractivity contribution in [1.82, 2.24) is 0 Å². The van der Waals surface area contributed by atoms with E-state index in [0.717, 1.165) is 12.1 Å². The smallest absolute Gasteiger partial charge is 0.398 e. The largest absolute Gasteiger partial charge is 0.418 e. The summed E-state index contributed by atoms with van der Waals surface area (Å²) in [6.07, 6.45) is -4.50. The third-order valence-corrected chi connectivity index (χ3v) is 2.15. The summed E-state index contributed by atoms with van der Waals surface area (Å²) in [4.78, 5) is 0. The van der Waals surface area contributed by atoms with Crippen LogP contribution >= 0.6 is 23.2 Å². The highest BCUT2D eigenvalue weighted by molar-refractivity contribution is 6.31. The van der Waals surface area contributed by atoms with Crippen molar-refractivity contribution >= 4 is 28.9 Å². The van der Waals surface area contributed by atoms with Gasteiger partial charge in [-0.2, -0.15) is 13.2 Å². The van der Waals surface area contributed by atoms with Crippen molar-refractivity contribution < 1.29 is 13.2 Å². The summed E-state index contributed by atoms with van der Waals surface area (Å²) in [6, 6.07) is 2.22. The molecule has 0 saturated carbocycles. The van der Waals surface area contributed by atoms with E-state index >= 15 is 0 Å². The Bertz CT molecular complexity index is 349. The fourth-order valence-corrected chi connectivity index (χ4v) is 1.60. The van der Waals surface area contributed by atoms with Gasteiger partial charge in [-0.1, -0.05) is 11.6 Å². The van der Waals surface area contributed by atoms with Crippen molar-refractivity contribution in [2.75, 3.05) is 5.73 Å². The molecule has 78 valence electrons. The number of hydrogen-bond acceptors (Lipinski definition) is 1. The monoisotopic (exact) mass is 243 g/mol. The Morgan fingerprint density at radius 3 is 2.29 bits per heavy atom. The van der Waals surface area contributed by atoms with Gasteiger partial charge < -0.3 is 5.73 Å². The number of nitrogen functional groups attached to an aromatic ring is 1. The van der Waals surface area contributed by atoms with Gasteiger partial charge >= 0.3 is 6.18 Å². The number of alkyl halides is 4. The van der Waals surface area contributed by atoms with Crippen molar-refractivity contribution in [2.24, 2.45) is 0 Å². The molecule has 0 aliphatic rings. The molecule has 0 aliphatic heterocycles. The van der Waals surface area contributed by atoms with Crippen molar-refractivity contribution in [2.45, 2.75) is 12.1 Å². The molecule has 0 spiro atoms. The van der Waals surface area contributed by atoms with Gasteiger partial charge in [0.2, 0.25) is 0 Å².